The standard InChI is InChI=1S/C43H83NO4/c1-3-5-7-9-11-13-15-17-19-20-21-23-24-26-28-30-32-34-36-40(46)38-43(48)44-41(39-45)42(47)37-35-33-31-29-27-25-22-18-16-14-12-10-8-6-4-2/h21,23,35,37,40-42,45-47H,3-20,22,24-34,36,38-39H2,1-2H3,(H,44,48)/b23-21-,37-35+. The van der Waals surface area contributed by atoms with Crippen molar-refractivity contribution < 1.29 is 20.1 Å². The Bertz CT molecular complexity index is 709. The molecule has 0 radical (unpaired) electrons. The Morgan fingerprint density at radius 2 is 0.875 bits per heavy atom. The third-order valence-corrected chi connectivity index (χ3v) is 9.73. The van der Waals surface area contributed by atoms with Crippen molar-refractivity contribution in [1.82, 2.24) is 5.32 Å². The number of carbonyl (C=O) groups excluding carboxylic acids is 1. The lowest BCUT2D eigenvalue weighted by Gasteiger charge is -2.21. The minimum absolute atomic E-state index is 0.00957. The number of carbonyl (C=O) groups is 1. The first-order valence-electron chi connectivity index (χ1n) is 21.1. The van der Waals surface area contributed by atoms with Crippen LogP contribution in [0.2, 0.25) is 0 Å². The second-order valence-electron chi connectivity index (χ2n) is 14.6. The van der Waals surface area contributed by atoms with Crippen LogP contribution < -0.4 is 5.32 Å². The summed E-state index contributed by atoms with van der Waals surface area (Å²) in [7, 11) is 0. The lowest BCUT2D eigenvalue weighted by atomic mass is 10.0. The smallest absolute Gasteiger partial charge is 0.222 e. The number of hydrogen-bond donors (Lipinski definition) is 4. The summed E-state index contributed by atoms with van der Waals surface area (Å²) < 4.78 is 0. The molecule has 0 aromatic heterocycles. The number of hydrogen-bond acceptors (Lipinski definition) is 4. The molecule has 0 aliphatic rings. The third-order valence-electron chi connectivity index (χ3n) is 9.73. The zero-order valence-corrected chi connectivity index (χ0v) is 32.1. The quantitative estimate of drug-likeness (QED) is 0.0387. The van der Waals surface area contributed by atoms with Gasteiger partial charge in [0.1, 0.15) is 0 Å². The average molecular weight is 678 g/mol. The molecule has 5 heteroatoms. The number of amides is 1. The Morgan fingerprint density at radius 1 is 0.521 bits per heavy atom. The van der Waals surface area contributed by atoms with Crippen LogP contribution in [0.4, 0.5) is 0 Å². The molecule has 1 amide bonds. The fourth-order valence-corrected chi connectivity index (χ4v) is 6.45. The minimum Gasteiger partial charge on any atom is -0.394 e. The van der Waals surface area contributed by atoms with Gasteiger partial charge in [0.05, 0.1) is 31.3 Å². The third kappa shape index (κ3) is 34.7. The van der Waals surface area contributed by atoms with E-state index in [1.165, 1.54) is 154 Å². The van der Waals surface area contributed by atoms with Crippen LogP contribution in [0.25, 0.3) is 0 Å². The molecule has 0 fully saturated rings. The summed E-state index contributed by atoms with van der Waals surface area (Å²) >= 11 is 0. The maximum atomic E-state index is 12.4. The summed E-state index contributed by atoms with van der Waals surface area (Å²) in [6.07, 6.45) is 45.9. The maximum Gasteiger partial charge on any atom is 0.222 e. The van der Waals surface area contributed by atoms with E-state index in [0.29, 0.717) is 6.42 Å². The monoisotopic (exact) mass is 678 g/mol. The van der Waals surface area contributed by atoms with Gasteiger partial charge in [0.2, 0.25) is 5.91 Å². The van der Waals surface area contributed by atoms with Crippen molar-refractivity contribution in [3.63, 3.8) is 0 Å². The predicted molar refractivity (Wildman–Crippen MR) is 208 cm³/mol. The molecule has 0 saturated heterocycles. The van der Waals surface area contributed by atoms with Gasteiger partial charge < -0.3 is 20.6 Å². The Balaban J connectivity index is 3.69. The molecule has 0 saturated carbocycles. The molecule has 0 spiro atoms. The fraction of sp³-hybridized carbons (Fsp3) is 0.884. The van der Waals surface area contributed by atoms with Gasteiger partial charge in [-0.05, 0) is 44.9 Å². The zero-order valence-electron chi connectivity index (χ0n) is 32.1. The minimum atomic E-state index is -0.928. The molecule has 284 valence electrons. The van der Waals surface area contributed by atoms with E-state index in [-0.39, 0.29) is 18.9 Å². The molecule has 0 heterocycles. The van der Waals surface area contributed by atoms with Crippen molar-refractivity contribution in [2.24, 2.45) is 0 Å². The first-order valence-corrected chi connectivity index (χ1v) is 21.1. The Hall–Kier alpha value is -1.17. The molecule has 3 unspecified atom stereocenters. The van der Waals surface area contributed by atoms with Gasteiger partial charge in [-0.2, -0.15) is 0 Å². The van der Waals surface area contributed by atoms with Gasteiger partial charge >= 0.3 is 0 Å². The molecule has 4 N–H and O–H groups in total. The first-order chi connectivity index (χ1) is 23.5. The van der Waals surface area contributed by atoms with Gasteiger partial charge in [0, 0.05) is 0 Å². The number of allylic oxidation sites excluding steroid dienone is 3. The van der Waals surface area contributed by atoms with Crippen LogP contribution in [0.15, 0.2) is 24.3 Å². The average Bonchev–Trinajstić information content (AvgIpc) is 3.08. The topological polar surface area (TPSA) is 89.8 Å². The molecular formula is C43H83NO4. The zero-order chi connectivity index (χ0) is 35.2. The molecular weight excluding hydrogens is 594 g/mol. The van der Waals surface area contributed by atoms with Crippen LogP contribution in [-0.2, 0) is 4.79 Å². The molecule has 0 bridgehead atoms. The number of aliphatic hydroxyl groups is 3. The van der Waals surface area contributed by atoms with Crippen molar-refractivity contribution in [2.45, 2.75) is 238 Å². The highest BCUT2D eigenvalue weighted by molar-refractivity contribution is 5.76. The van der Waals surface area contributed by atoms with Crippen molar-refractivity contribution in [2.75, 3.05) is 6.61 Å². The van der Waals surface area contributed by atoms with Crippen LogP contribution in [0.3, 0.4) is 0 Å². The molecule has 48 heavy (non-hydrogen) atoms. The van der Waals surface area contributed by atoms with E-state index < -0.39 is 18.2 Å². The van der Waals surface area contributed by atoms with E-state index in [0.717, 1.165) is 38.5 Å². The van der Waals surface area contributed by atoms with E-state index in [1.807, 2.05) is 6.08 Å². The van der Waals surface area contributed by atoms with Crippen molar-refractivity contribution in [3.8, 4) is 0 Å². The first kappa shape index (κ1) is 46.8. The van der Waals surface area contributed by atoms with Crippen LogP contribution in [0.5, 0.6) is 0 Å². The molecule has 0 aromatic carbocycles. The molecule has 0 aromatic rings. The number of nitrogens with one attached hydrogen (secondary N) is 1. The predicted octanol–water partition coefficient (Wildman–Crippen LogP) is 11.8. The largest absolute Gasteiger partial charge is 0.394 e. The lowest BCUT2D eigenvalue weighted by molar-refractivity contribution is -0.124. The van der Waals surface area contributed by atoms with Crippen molar-refractivity contribution in [3.05, 3.63) is 24.3 Å². The summed E-state index contributed by atoms with van der Waals surface area (Å²) in [5.41, 5.74) is 0. The normalized spacial score (nSPS) is 13.9. The van der Waals surface area contributed by atoms with E-state index in [4.69, 9.17) is 0 Å². The number of aliphatic hydroxyl groups excluding tert-OH is 3. The van der Waals surface area contributed by atoms with Crippen LogP contribution in [0.1, 0.15) is 219 Å². The summed E-state index contributed by atoms with van der Waals surface area (Å²) in [6.45, 7) is 4.21. The van der Waals surface area contributed by atoms with E-state index in [1.54, 1.807) is 6.08 Å². The Morgan fingerprint density at radius 3 is 1.27 bits per heavy atom. The second-order valence-corrected chi connectivity index (χ2v) is 14.6. The number of unbranched alkanes of at least 4 members (excludes halogenated alkanes) is 27. The molecule has 0 aliphatic carbocycles. The molecule has 0 rings (SSSR count). The Labute approximate surface area is 299 Å². The van der Waals surface area contributed by atoms with Crippen LogP contribution >= 0.6 is 0 Å². The van der Waals surface area contributed by atoms with Crippen molar-refractivity contribution in [1.29, 1.82) is 0 Å². The van der Waals surface area contributed by atoms with Gasteiger partial charge in [-0.3, -0.25) is 4.79 Å². The highest BCUT2D eigenvalue weighted by Gasteiger charge is 2.20. The van der Waals surface area contributed by atoms with E-state index in [2.05, 4.69) is 31.3 Å². The SMILES string of the molecule is CCCCCCCCCCC/C=C\CCCCCCCC(O)CC(=O)NC(CO)C(O)/C=C/CCCCCCCCCCCCCCC. The van der Waals surface area contributed by atoms with Crippen molar-refractivity contribution >= 4 is 5.91 Å². The summed E-state index contributed by atoms with van der Waals surface area (Å²) in [5.74, 6) is -0.320. The Kier molecular flexibility index (Phi) is 37.7. The lowest BCUT2D eigenvalue weighted by Crippen LogP contribution is -2.45. The van der Waals surface area contributed by atoms with Gasteiger partial charge in [-0.25, -0.2) is 0 Å². The van der Waals surface area contributed by atoms with Crippen LogP contribution in [0, 0.1) is 0 Å². The van der Waals surface area contributed by atoms with Gasteiger partial charge in [0.25, 0.3) is 0 Å². The van der Waals surface area contributed by atoms with E-state index >= 15 is 0 Å². The highest BCUT2D eigenvalue weighted by atomic mass is 16.3. The molecule has 0 aliphatic heterocycles. The fourth-order valence-electron chi connectivity index (χ4n) is 6.45. The number of rotatable bonds is 38. The van der Waals surface area contributed by atoms with Gasteiger partial charge in [-0.1, -0.05) is 192 Å². The highest BCUT2D eigenvalue weighted by Crippen LogP contribution is 2.15. The summed E-state index contributed by atoms with van der Waals surface area (Å²) in [6, 6.07) is -0.744. The molecule has 5 nitrogen and oxygen atoms in total. The van der Waals surface area contributed by atoms with Gasteiger partial charge in [-0.15, -0.1) is 0 Å². The maximum absolute atomic E-state index is 12.4. The second kappa shape index (κ2) is 38.6. The van der Waals surface area contributed by atoms with E-state index in [9.17, 15) is 20.1 Å². The summed E-state index contributed by atoms with van der Waals surface area (Å²) in [4.78, 5) is 12.4. The van der Waals surface area contributed by atoms with Crippen LogP contribution in [-0.4, -0.2) is 46.1 Å². The molecule has 3 atom stereocenters. The summed E-state index contributed by atoms with van der Waals surface area (Å²) in [5, 5.41) is 33.2. The van der Waals surface area contributed by atoms with Gasteiger partial charge in [0.15, 0.2) is 0 Å².